The van der Waals surface area contributed by atoms with E-state index in [0.29, 0.717) is 24.6 Å². The number of phenolic OH excluding ortho intramolecular Hbond substituents is 1. The number of rotatable bonds is 7. The number of nitrogens with one attached hydrogen (secondary N) is 2. The van der Waals surface area contributed by atoms with Gasteiger partial charge < -0.3 is 25.0 Å². The Bertz CT molecular complexity index is 1370. The van der Waals surface area contributed by atoms with Gasteiger partial charge in [0.15, 0.2) is 0 Å². The molecular formula is C24H21F3N4O5. The van der Waals surface area contributed by atoms with Crippen LogP contribution in [-0.4, -0.2) is 32.0 Å². The standard InChI is InChI=1S/C24H21F3N4O5/c1-31-9-6-14(10-20(31)33)21(34)30-23(7-8-23)22(35)29-12-15-2-4-17(13-28-15)36-19-5-3-16(32)11-18(19)24(25,26)27/h2-6,9-11,13,32H,7-8,12H2,1H3,(H,29,35)(H,30,34). The van der Waals surface area contributed by atoms with Crippen molar-refractivity contribution in [3.8, 4) is 17.2 Å². The molecule has 1 aliphatic rings. The van der Waals surface area contributed by atoms with Crippen LogP contribution in [0.3, 0.4) is 0 Å². The van der Waals surface area contributed by atoms with Gasteiger partial charge in [0.1, 0.15) is 28.4 Å². The number of ether oxygens (including phenoxy) is 1. The van der Waals surface area contributed by atoms with Crippen LogP contribution in [0.1, 0.15) is 34.5 Å². The third kappa shape index (κ3) is 5.48. The van der Waals surface area contributed by atoms with Crippen molar-refractivity contribution in [2.45, 2.75) is 31.1 Å². The lowest BCUT2D eigenvalue weighted by atomic mass is 10.2. The maximum absolute atomic E-state index is 13.2. The van der Waals surface area contributed by atoms with Crippen LogP contribution < -0.4 is 20.9 Å². The van der Waals surface area contributed by atoms with Crippen LogP contribution >= 0.6 is 0 Å². The van der Waals surface area contributed by atoms with Gasteiger partial charge in [0.25, 0.3) is 11.5 Å². The number of aryl methyl sites for hydroxylation is 1. The molecule has 188 valence electrons. The normalized spacial score (nSPS) is 14.1. The highest BCUT2D eigenvalue weighted by Gasteiger charge is 2.51. The Balaban J connectivity index is 1.35. The van der Waals surface area contributed by atoms with E-state index in [2.05, 4.69) is 15.6 Å². The van der Waals surface area contributed by atoms with Crippen LogP contribution in [0, 0.1) is 0 Å². The van der Waals surface area contributed by atoms with E-state index in [1.807, 2.05) is 0 Å². The summed E-state index contributed by atoms with van der Waals surface area (Å²) in [6, 6.07) is 8.18. The molecule has 1 saturated carbocycles. The predicted octanol–water partition coefficient (Wildman–Crippen LogP) is 2.88. The van der Waals surface area contributed by atoms with Crippen LogP contribution in [0.25, 0.3) is 0 Å². The first-order chi connectivity index (χ1) is 17.0. The van der Waals surface area contributed by atoms with E-state index in [9.17, 15) is 32.7 Å². The second-order valence-corrected chi connectivity index (χ2v) is 8.35. The smallest absolute Gasteiger partial charge is 0.420 e. The van der Waals surface area contributed by atoms with Crippen LogP contribution in [0.4, 0.5) is 13.2 Å². The van der Waals surface area contributed by atoms with Crippen molar-refractivity contribution in [3.05, 3.63) is 82.0 Å². The summed E-state index contributed by atoms with van der Waals surface area (Å²) in [4.78, 5) is 41.0. The molecule has 0 saturated heterocycles. The van der Waals surface area contributed by atoms with Crippen molar-refractivity contribution in [1.82, 2.24) is 20.2 Å². The van der Waals surface area contributed by atoms with E-state index >= 15 is 0 Å². The van der Waals surface area contributed by atoms with E-state index in [-0.39, 0.29) is 23.4 Å². The first-order valence-electron chi connectivity index (χ1n) is 10.8. The van der Waals surface area contributed by atoms with Gasteiger partial charge in [0.05, 0.1) is 18.4 Å². The van der Waals surface area contributed by atoms with Crippen molar-refractivity contribution in [1.29, 1.82) is 0 Å². The third-order valence-electron chi connectivity index (χ3n) is 5.63. The average Bonchev–Trinajstić information content (AvgIpc) is 3.61. The van der Waals surface area contributed by atoms with Crippen LogP contribution in [0.15, 0.2) is 59.7 Å². The topological polar surface area (TPSA) is 123 Å². The number of hydrogen-bond donors (Lipinski definition) is 3. The van der Waals surface area contributed by atoms with Gasteiger partial charge in [-0.05, 0) is 49.2 Å². The molecule has 0 atom stereocenters. The molecule has 12 heteroatoms. The third-order valence-corrected chi connectivity index (χ3v) is 5.63. The Labute approximate surface area is 202 Å². The van der Waals surface area contributed by atoms with Gasteiger partial charge in [-0.15, -0.1) is 0 Å². The van der Waals surface area contributed by atoms with Gasteiger partial charge in [-0.25, -0.2) is 0 Å². The quantitative estimate of drug-likeness (QED) is 0.457. The zero-order chi connectivity index (χ0) is 26.1. The second-order valence-electron chi connectivity index (χ2n) is 8.35. The average molecular weight is 502 g/mol. The van der Waals surface area contributed by atoms with E-state index in [4.69, 9.17) is 4.74 Å². The van der Waals surface area contributed by atoms with Gasteiger partial charge in [-0.2, -0.15) is 13.2 Å². The van der Waals surface area contributed by atoms with Crippen LogP contribution in [-0.2, 0) is 24.6 Å². The molecule has 1 fully saturated rings. The number of amides is 2. The number of halogens is 3. The fourth-order valence-corrected chi connectivity index (χ4v) is 3.38. The SMILES string of the molecule is Cn1ccc(C(=O)NC2(C(=O)NCc3ccc(Oc4ccc(O)cc4C(F)(F)F)cn3)CC2)cc1=O. The summed E-state index contributed by atoms with van der Waals surface area (Å²) >= 11 is 0. The maximum atomic E-state index is 13.2. The minimum absolute atomic E-state index is 0.00955. The highest BCUT2D eigenvalue weighted by Crippen LogP contribution is 2.40. The molecule has 0 radical (unpaired) electrons. The van der Waals surface area contributed by atoms with Crippen molar-refractivity contribution in [3.63, 3.8) is 0 Å². The van der Waals surface area contributed by atoms with Crippen molar-refractivity contribution < 1.29 is 32.6 Å². The maximum Gasteiger partial charge on any atom is 0.420 e. The molecule has 3 N–H and O–H groups in total. The summed E-state index contributed by atoms with van der Waals surface area (Å²) in [5, 5.41) is 14.7. The first-order valence-corrected chi connectivity index (χ1v) is 10.8. The highest BCUT2D eigenvalue weighted by molar-refractivity contribution is 6.00. The molecule has 1 aromatic carbocycles. The number of benzene rings is 1. The summed E-state index contributed by atoms with van der Waals surface area (Å²) in [7, 11) is 1.56. The lowest BCUT2D eigenvalue weighted by Gasteiger charge is -2.17. The number of alkyl halides is 3. The monoisotopic (exact) mass is 502 g/mol. The number of carbonyl (C=O) groups excluding carboxylic acids is 2. The zero-order valence-electron chi connectivity index (χ0n) is 18.9. The molecule has 3 aromatic rings. The summed E-state index contributed by atoms with van der Waals surface area (Å²) < 4.78 is 46.2. The number of pyridine rings is 2. The predicted molar refractivity (Wildman–Crippen MR) is 120 cm³/mol. The Morgan fingerprint density at radius 3 is 2.53 bits per heavy atom. The highest BCUT2D eigenvalue weighted by atomic mass is 19.4. The molecule has 4 rings (SSSR count). The summed E-state index contributed by atoms with van der Waals surface area (Å²) in [5.74, 6) is -1.96. The van der Waals surface area contributed by atoms with Gasteiger partial charge in [-0.3, -0.25) is 19.4 Å². The minimum Gasteiger partial charge on any atom is -0.508 e. The molecule has 2 heterocycles. The molecule has 2 aromatic heterocycles. The van der Waals surface area contributed by atoms with Crippen LogP contribution in [0.2, 0.25) is 0 Å². The van der Waals surface area contributed by atoms with E-state index in [1.54, 1.807) is 7.05 Å². The fourth-order valence-electron chi connectivity index (χ4n) is 3.38. The summed E-state index contributed by atoms with van der Waals surface area (Å²) in [6.45, 7) is 0.00955. The molecule has 0 unspecified atom stereocenters. The summed E-state index contributed by atoms with van der Waals surface area (Å²) in [6.07, 6.45) is -1.19. The zero-order valence-corrected chi connectivity index (χ0v) is 18.9. The van der Waals surface area contributed by atoms with E-state index in [0.717, 1.165) is 12.1 Å². The molecule has 2 amide bonds. The lowest BCUT2D eigenvalue weighted by molar-refractivity contribution is -0.138. The minimum atomic E-state index is -4.73. The van der Waals surface area contributed by atoms with Gasteiger partial charge >= 0.3 is 6.18 Å². The number of phenols is 1. The van der Waals surface area contributed by atoms with Gasteiger partial charge in [0, 0.05) is 24.9 Å². The molecule has 0 aliphatic heterocycles. The second kappa shape index (κ2) is 9.36. The van der Waals surface area contributed by atoms with Gasteiger partial charge in [0.2, 0.25) is 5.91 Å². The number of hydrogen-bond acceptors (Lipinski definition) is 6. The fraction of sp³-hybridized carbons (Fsp3) is 0.250. The first kappa shape index (κ1) is 24.8. The van der Waals surface area contributed by atoms with Crippen LogP contribution in [0.5, 0.6) is 17.2 Å². The Hall–Kier alpha value is -4.35. The molecule has 1 aliphatic carbocycles. The Kier molecular flexibility index (Phi) is 6.44. The molecule has 0 bridgehead atoms. The Morgan fingerprint density at radius 1 is 1.17 bits per heavy atom. The summed E-state index contributed by atoms with van der Waals surface area (Å²) in [5.41, 5.74) is -2.00. The molecule has 9 nitrogen and oxygen atoms in total. The molecular weight excluding hydrogens is 481 g/mol. The van der Waals surface area contributed by atoms with Gasteiger partial charge in [-0.1, -0.05) is 0 Å². The van der Waals surface area contributed by atoms with E-state index in [1.165, 1.54) is 41.2 Å². The number of carbonyl (C=O) groups is 2. The van der Waals surface area contributed by atoms with E-state index < -0.39 is 40.6 Å². The largest absolute Gasteiger partial charge is 0.508 e. The Morgan fingerprint density at radius 2 is 1.92 bits per heavy atom. The van der Waals surface area contributed by atoms with Crippen molar-refractivity contribution in [2.24, 2.45) is 7.05 Å². The van der Waals surface area contributed by atoms with Crippen molar-refractivity contribution >= 4 is 11.8 Å². The lowest BCUT2D eigenvalue weighted by Crippen LogP contribution is -2.49. The molecule has 36 heavy (non-hydrogen) atoms. The van der Waals surface area contributed by atoms with Crippen molar-refractivity contribution in [2.75, 3.05) is 0 Å². The number of nitrogens with zero attached hydrogens (tertiary/aromatic N) is 2. The number of aromatic hydroxyl groups is 1. The number of aromatic nitrogens is 2. The molecule has 0 spiro atoms.